The zero-order valence-electron chi connectivity index (χ0n) is 20.3. The molecule has 0 aliphatic carbocycles. The number of nitrogens with zero attached hydrogens (tertiary/aromatic N) is 4. The number of nitrogens with one attached hydrogen (secondary N) is 2. The molecular weight excluding hydrogens is 400 g/mol. The van der Waals surface area contributed by atoms with Crippen LogP contribution in [0.5, 0.6) is 5.75 Å². The average molecular weight is 441 g/mol. The zero-order chi connectivity index (χ0) is 22.8. The summed E-state index contributed by atoms with van der Waals surface area (Å²) in [6, 6.07) is 6.36. The van der Waals surface area contributed by atoms with Crippen LogP contribution in [0.2, 0.25) is 0 Å². The molecule has 0 amide bonds. The van der Waals surface area contributed by atoms with Crippen molar-refractivity contribution in [2.24, 2.45) is 10.9 Å². The van der Waals surface area contributed by atoms with Gasteiger partial charge >= 0.3 is 0 Å². The molecule has 7 nitrogen and oxygen atoms in total. The van der Waals surface area contributed by atoms with Crippen LogP contribution in [0.25, 0.3) is 0 Å². The maximum Gasteiger partial charge on any atom is 0.191 e. The average Bonchev–Trinajstić information content (AvgIpc) is 2.99. The SMILES string of the molecule is CCNC(=NCc1ccc(C)cc1OCCC(C)C)NCCc1nnc2n1CCCCC2. The molecular formula is C25H40N6O. The van der Waals surface area contributed by atoms with Crippen LogP contribution in [0.1, 0.15) is 69.2 Å². The third-order valence-corrected chi connectivity index (χ3v) is 5.75. The fourth-order valence-corrected chi connectivity index (χ4v) is 3.86. The molecule has 1 aliphatic heterocycles. The molecule has 2 N–H and O–H groups in total. The van der Waals surface area contributed by atoms with E-state index in [-0.39, 0.29) is 0 Å². The zero-order valence-corrected chi connectivity index (χ0v) is 20.3. The van der Waals surface area contributed by atoms with E-state index in [1.54, 1.807) is 0 Å². The quantitative estimate of drug-likeness (QED) is 0.431. The molecule has 0 saturated carbocycles. The number of aryl methyl sites for hydroxylation is 2. The molecule has 0 unspecified atom stereocenters. The van der Waals surface area contributed by atoms with Crippen molar-refractivity contribution in [3.05, 3.63) is 41.0 Å². The van der Waals surface area contributed by atoms with Crippen molar-refractivity contribution in [1.29, 1.82) is 0 Å². The van der Waals surface area contributed by atoms with Gasteiger partial charge in [-0.25, -0.2) is 4.99 Å². The number of benzene rings is 1. The maximum absolute atomic E-state index is 6.09. The predicted octanol–water partition coefficient (Wildman–Crippen LogP) is 4.04. The number of guanidine groups is 1. The Kier molecular flexibility index (Phi) is 9.38. The summed E-state index contributed by atoms with van der Waals surface area (Å²) >= 11 is 0. The Morgan fingerprint density at radius 1 is 1.19 bits per heavy atom. The molecule has 0 atom stereocenters. The summed E-state index contributed by atoms with van der Waals surface area (Å²) in [5, 5.41) is 15.6. The highest BCUT2D eigenvalue weighted by Gasteiger charge is 2.14. The van der Waals surface area contributed by atoms with Crippen molar-refractivity contribution in [3.8, 4) is 5.75 Å². The van der Waals surface area contributed by atoms with Gasteiger partial charge in [0.25, 0.3) is 0 Å². The Hall–Kier alpha value is -2.57. The van der Waals surface area contributed by atoms with Crippen LogP contribution in [-0.4, -0.2) is 40.4 Å². The molecule has 32 heavy (non-hydrogen) atoms. The maximum atomic E-state index is 6.09. The van der Waals surface area contributed by atoms with Gasteiger partial charge in [0.05, 0.1) is 13.2 Å². The van der Waals surface area contributed by atoms with Gasteiger partial charge in [-0.15, -0.1) is 10.2 Å². The lowest BCUT2D eigenvalue weighted by Gasteiger charge is -2.14. The molecule has 0 bridgehead atoms. The van der Waals surface area contributed by atoms with E-state index >= 15 is 0 Å². The van der Waals surface area contributed by atoms with Crippen molar-refractivity contribution >= 4 is 5.96 Å². The molecule has 2 aromatic rings. The normalized spacial score (nSPS) is 14.2. The van der Waals surface area contributed by atoms with E-state index in [4.69, 9.17) is 9.73 Å². The monoisotopic (exact) mass is 440 g/mol. The van der Waals surface area contributed by atoms with Gasteiger partial charge < -0.3 is 19.9 Å². The van der Waals surface area contributed by atoms with Crippen molar-refractivity contribution in [3.63, 3.8) is 0 Å². The number of fused-ring (bicyclic) bond motifs is 1. The number of ether oxygens (including phenoxy) is 1. The Balaban J connectivity index is 1.59. The van der Waals surface area contributed by atoms with E-state index in [0.29, 0.717) is 12.5 Å². The highest BCUT2D eigenvalue weighted by Crippen LogP contribution is 2.22. The van der Waals surface area contributed by atoms with Crippen LogP contribution in [0.4, 0.5) is 0 Å². The van der Waals surface area contributed by atoms with E-state index in [1.807, 2.05) is 0 Å². The van der Waals surface area contributed by atoms with Gasteiger partial charge in [-0.2, -0.15) is 0 Å². The first kappa shape index (κ1) is 24.1. The van der Waals surface area contributed by atoms with Gasteiger partial charge in [-0.3, -0.25) is 0 Å². The van der Waals surface area contributed by atoms with Crippen LogP contribution in [0.3, 0.4) is 0 Å². The van der Waals surface area contributed by atoms with Crippen LogP contribution in [-0.2, 0) is 25.9 Å². The van der Waals surface area contributed by atoms with Crippen molar-refractivity contribution in [1.82, 2.24) is 25.4 Å². The Morgan fingerprint density at radius 2 is 2.06 bits per heavy atom. The largest absolute Gasteiger partial charge is 0.493 e. The van der Waals surface area contributed by atoms with Crippen molar-refractivity contribution < 1.29 is 4.74 Å². The third-order valence-electron chi connectivity index (χ3n) is 5.75. The standard InChI is InChI=1S/C25H40N6O/c1-5-26-25(27-14-12-24-30-29-23-9-7-6-8-15-31(23)24)28-18-21-11-10-20(4)17-22(21)32-16-13-19(2)3/h10-11,17,19H,5-9,12-16,18H2,1-4H3,(H2,26,27,28). The fourth-order valence-electron chi connectivity index (χ4n) is 3.86. The van der Waals surface area contributed by atoms with Gasteiger partial charge in [-0.05, 0) is 50.7 Å². The van der Waals surface area contributed by atoms with Gasteiger partial charge in [0, 0.05) is 38.0 Å². The molecule has 0 spiro atoms. The molecule has 1 aromatic carbocycles. The number of hydrogen-bond donors (Lipinski definition) is 2. The summed E-state index contributed by atoms with van der Waals surface area (Å²) < 4.78 is 8.40. The summed E-state index contributed by atoms with van der Waals surface area (Å²) in [6.07, 6.45) is 6.64. The van der Waals surface area contributed by atoms with Crippen LogP contribution in [0.15, 0.2) is 23.2 Å². The molecule has 2 heterocycles. The number of hydrogen-bond acceptors (Lipinski definition) is 4. The number of aliphatic imine (C=N–C) groups is 1. The first-order valence-electron chi connectivity index (χ1n) is 12.2. The van der Waals surface area contributed by atoms with Gasteiger partial charge in [-0.1, -0.05) is 32.4 Å². The summed E-state index contributed by atoms with van der Waals surface area (Å²) in [7, 11) is 0. The lowest BCUT2D eigenvalue weighted by molar-refractivity contribution is 0.287. The van der Waals surface area contributed by atoms with E-state index < -0.39 is 0 Å². The van der Waals surface area contributed by atoms with Crippen molar-refractivity contribution in [2.45, 2.75) is 79.3 Å². The smallest absolute Gasteiger partial charge is 0.191 e. The molecule has 1 aromatic heterocycles. The van der Waals surface area contributed by atoms with Crippen LogP contribution < -0.4 is 15.4 Å². The fraction of sp³-hybridized carbons (Fsp3) is 0.640. The Bertz CT molecular complexity index is 873. The highest BCUT2D eigenvalue weighted by molar-refractivity contribution is 5.79. The second-order valence-corrected chi connectivity index (χ2v) is 9.01. The molecule has 0 radical (unpaired) electrons. The van der Waals surface area contributed by atoms with E-state index in [2.05, 4.69) is 71.3 Å². The van der Waals surface area contributed by atoms with Gasteiger partial charge in [0.15, 0.2) is 5.96 Å². The minimum absolute atomic E-state index is 0.576. The first-order chi connectivity index (χ1) is 15.6. The van der Waals surface area contributed by atoms with Crippen LogP contribution >= 0.6 is 0 Å². The topological polar surface area (TPSA) is 76.4 Å². The van der Waals surface area contributed by atoms with E-state index in [9.17, 15) is 0 Å². The Morgan fingerprint density at radius 3 is 2.88 bits per heavy atom. The molecule has 1 aliphatic rings. The van der Waals surface area contributed by atoms with Crippen molar-refractivity contribution in [2.75, 3.05) is 19.7 Å². The molecule has 7 heteroatoms. The minimum atomic E-state index is 0.576. The molecule has 176 valence electrons. The predicted molar refractivity (Wildman–Crippen MR) is 130 cm³/mol. The van der Waals surface area contributed by atoms with Gasteiger partial charge in [0.1, 0.15) is 17.4 Å². The third kappa shape index (κ3) is 7.24. The molecule has 3 rings (SSSR count). The summed E-state index contributed by atoms with van der Waals surface area (Å²) in [6.45, 7) is 12.6. The Labute approximate surface area is 193 Å². The first-order valence-corrected chi connectivity index (χ1v) is 12.2. The van der Waals surface area contributed by atoms with E-state index in [1.165, 1.54) is 24.8 Å². The lowest BCUT2D eigenvalue weighted by atomic mass is 10.1. The van der Waals surface area contributed by atoms with Gasteiger partial charge in [0.2, 0.25) is 0 Å². The lowest BCUT2D eigenvalue weighted by Crippen LogP contribution is -2.38. The van der Waals surface area contributed by atoms with Crippen LogP contribution in [0, 0.1) is 12.8 Å². The summed E-state index contributed by atoms with van der Waals surface area (Å²) in [5.74, 6) is 4.60. The second-order valence-electron chi connectivity index (χ2n) is 9.01. The molecule has 0 fully saturated rings. The second kappa shape index (κ2) is 12.5. The highest BCUT2D eigenvalue weighted by atomic mass is 16.5. The minimum Gasteiger partial charge on any atom is -0.493 e. The van der Waals surface area contributed by atoms with E-state index in [0.717, 1.165) is 74.4 Å². The molecule has 0 saturated heterocycles. The summed E-state index contributed by atoms with van der Waals surface area (Å²) in [5.41, 5.74) is 2.31. The number of rotatable bonds is 10. The number of aromatic nitrogens is 3. The summed E-state index contributed by atoms with van der Waals surface area (Å²) in [4.78, 5) is 4.81.